The van der Waals surface area contributed by atoms with Crippen LogP contribution < -0.4 is 10.2 Å². The first-order valence-corrected chi connectivity index (χ1v) is 4.62. The van der Waals surface area contributed by atoms with Gasteiger partial charge in [0.2, 0.25) is 11.2 Å². The molecule has 0 saturated heterocycles. The molecule has 84 valence electrons. The van der Waals surface area contributed by atoms with Gasteiger partial charge in [-0.15, -0.1) is 0 Å². The summed E-state index contributed by atoms with van der Waals surface area (Å²) in [6, 6.07) is 1.21. The molecule has 0 amide bonds. The minimum absolute atomic E-state index is 0.156. The smallest absolute Gasteiger partial charge is 0.227 e. The maximum absolute atomic E-state index is 11.3. The molecule has 5 nitrogen and oxygen atoms in total. The minimum atomic E-state index is -0.292. The Morgan fingerprint density at radius 1 is 1.47 bits per heavy atom. The van der Waals surface area contributed by atoms with Crippen LogP contribution in [0.5, 0.6) is 5.75 Å². The van der Waals surface area contributed by atoms with Gasteiger partial charge in [-0.3, -0.25) is 4.79 Å². The third-order valence-electron chi connectivity index (χ3n) is 1.76. The Kier molecular flexibility index (Phi) is 4.86. The predicted molar refractivity (Wildman–Crippen MR) is 52.9 cm³/mol. The summed E-state index contributed by atoms with van der Waals surface area (Å²) >= 11 is 0. The lowest BCUT2D eigenvalue weighted by atomic mass is 10.4. The van der Waals surface area contributed by atoms with Gasteiger partial charge < -0.3 is 19.0 Å². The molecule has 1 aromatic rings. The number of hydrogen-bond acceptors (Lipinski definition) is 5. The molecular weight excluding hydrogens is 200 g/mol. The van der Waals surface area contributed by atoms with Crippen molar-refractivity contribution < 1.29 is 19.0 Å². The molecule has 0 spiro atoms. The Hall–Kier alpha value is -1.33. The number of aliphatic hydroxyl groups excluding tert-OH is 1. The largest absolute Gasteiger partial charge is 0.487 e. The lowest BCUT2D eigenvalue weighted by molar-refractivity contribution is 0.170. The van der Waals surface area contributed by atoms with Crippen molar-refractivity contribution in [2.45, 2.75) is 13.0 Å². The van der Waals surface area contributed by atoms with Gasteiger partial charge in [0.1, 0.15) is 18.6 Å². The molecule has 0 unspecified atom stereocenters. The number of ether oxygens (including phenoxy) is 2. The van der Waals surface area contributed by atoms with E-state index in [1.807, 2.05) is 0 Å². The quantitative estimate of drug-likeness (QED) is 0.700. The zero-order valence-electron chi connectivity index (χ0n) is 8.56. The van der Waals surface area contributed by atoms with Gasteiger partial charge in [-0.2, -0.15) is 0 Å². The highest BCUT2D eigenvalue weighted by molar-refractivity contribution is 5.17. The molecule has 5 heteroatoms. The lowest BCUT2D eigenvalue weighted by Crippen LogP contribution is -2.10. The first kappa shape index (κ1) is 11.7. The molecule has 1 aromatic heterocycles. The van der Waals surface area contributed by atoms with E-state index in [9.17, 15) is 4.79 Å². The van der Waals surface area contributed by atoms with Crippen LogP contribution in [0.2, 0.25) is 0 Å². The number of methoxy groups -OCH3 is 1. The van der Waals surface area contributed by atoms with Crippen LogP contribution in [-0.2, 0) is 11.3 Å². The first-order valence-electron chi connectivity index (χ1n) is 4.62. The van der Waals surface area contributed by atoms with Crippen molar-refractivity contribution >= 4 is 0 Å². The van der Waals surface area contributed by atoms with Gasteiger partial charge in [0.25, 0.3) is 0 Å². The third kappa shape index (κ3) is 3.73. The van der Waals surface area contributed by atoms with Crippen molar-refractivity contribution in [3.05, 3.63) is 28.3 Å². The normalized spacial score (nSPS) is 10.3. The molecule has 0 aliphatic carbocycles. The minimum Gasteiger partial charge on any atom is -0.487 e. The van der Waals surface area contributed by atoms with Gasteiger partial charge in [-0.05, 0) is 0 Å². The second-order valence-corrected chi connectivity index (χ2v) is 2.93. The van der Waals surface area contributed by atoms with E-state index in [0.29, 0.717) is 19.6 Å². The summed E-state index contributed by atoms with van der Waals surface area (Å²) in [7, 11) is 1.60. The summed E-state index contributed by atoms with van der Waals surface area (Å²) in [6.45, 7) is 0.691. The van der Waals surface area contributed by atoms with E-state index in [4.69, 9.17) is 19.0 Å². The van der Waals surface area contributed by atoms with Crippen molar-refractivity contribution in [2.24, 2.45) is 0 Å². The molecular formula is C10H14O5. The van der Waals surface area contributed by atoms with E-state index in [1.54, 1.807) is 7.11 Å². The fourth-order valence-electron chi connectivity index (χ4n) is 1.01. The third-order valence-corrected chi connectivity index (χ3v) is 1.76. The number of hydrogen-bond donors (Lipinski definition) is 1. The summed E-state index contributed by atoms with van der Waals surface area (Å²) in [6.07, 6.45) is 1.92. The van der Waals surface area contributed by atoms with E-state index in [-0.39, 0.29) is 23.5 Å². The monoisotopic (exact) mass is 214 g/mol. The predicted octanol–water partition coefficient (Wildman–Crippen LogP) is 0.547. The molecule has 0 fully saturated rings. The average molecular weight is 214 g/mol. The maximum atomic E-state index is 11.3. The van der Waals surface area contributed by atoms with Gasteiger partial charge in [0.15, 0.2) is 0 Å². The highest BCUT2D eigenvalue weighted by atomic mass is 16.5. The van der Waals surface area contributed by atoms with Crippen molar-refractivity contribution in [2.75, 3.05) is 20.3 Å². The maximum Gasteiger partial charge on any atom is 0.227 e. The van der Waals surface area contributed by atoms with E-state index in [0.717, 1.165) is 0 Å². The Balaban J connectivity index is 2.51. The Labute approximate surface area is 87.2 Å². The van der Waals surface area contributed by atoms with Crippen LogP contribution in [0.4, 0.5) is 0 Å². The van der Waals surface area contributed by atoms with Crippen molar-refractivity contribution in [3.63, 3.8) is 0 Å². The molecule has 15 heavy (non-hydrogen) atoms. The zero-order chi connectivity index (χ0) is 11.1. The van der Waals surface area contributed by atoms with Gasteiger partial charge in [-0.25, -0.2) is 0 Å². The zero-order valence-corrected chi connectivity index (χ0v) is 8.56. The molecule has 0 aromatic carbocycles. The Morgan fingerprint density at radius 3 is 2.87 bits per heavy atom. The molecule has 0 bridgehead atoms. The summed E-state index contributed by atoms with van der Waals surface area (Å²) in [5.74, 6) is 0.382. The second kappa shape index (κ2) is 6.21. The molecule has 0 atom stereocenters. The molecule has 0 aliphatic rings. The van der Waals surface area contributed by atoms with E-state index >= 15 is 0 Å². The second-order valence-electron chi connectivity index (χ2n) is 2.93. The summed E-state index contributed by atoms with van der Waals surface area (Å²) in [4.78, 5) is 11.3. The van der Waals surface area contributed by atoms with Crippen LogP contribution in [-0.4, -0.2) is 25.4 Å². The van der Waals surface area contributed by atoms with E-state index in [2.05, 4.69) is 0 Å². The van der Waals surface area contributed by atoms with Gasteiger partial charge in [0.05, 0.1) is 6.61 Å². The fourth-order valence-corrected chi connectivity index (χ4v) is 1.01. The van der Waals surface area contributed by atoms with E-state index < -0.39 is 0 Å². The highest BCUT2D eigenvalue weighted by Gasteiger charge is 2.03. The standard InChI is InChI=1S/C10H14O5/c1-13-3-2-4-14-10-7-15-8(6-11)5-9(10)12/h5,7,11H,2-4,6H2,1H3. The van der Waals surface area contributed by atoms with Crippen molar-refractivity contribution in [1.29, 1.82) is 0 Å². The van der Waals surface area contributed by atoms with Crippen molar-refractivity contribution in [1.82, 2.24) is 0 Å². The molecule has 0 aliphatic heterocycles. The van der Waals surface area contributed by atoms with Crippen LogP contribution in [0.3, 0.4) is 0 Å². The molecule has 0 radical (unpaired) electrons. The molecule has 0 saturated carbocycles. The fraction of sp³-hybridized carbons (Fsp3) is 0.500. The molecule has 1 N–H and O–H groups in total. The van der Waals surface area contributed by atoms with E-state index in [1.165, 1.54) is 12.3 Å². The number of rotatable bonds is 6. The Morgan fingerprint density at radius 2 is 2.27 bits per heavy atom. The average Bonchev–Trinajstić information content (AvgIpc) is 2.26. The van der Waals surface area contributed by atoms with Gasteiger partial charge in [-0.1, -0.05) is 0 Å². The first-order chi connectivity index (χ1) is 7.27. The van der Waals surface area contributed by atoms with Crippen molar-refractivity contribution in [3.8, 4) is 5.75 Å². The molecule has 1 heterocycles. The summed E-state index contributed by atoms with van der Waals surface area (Å²) in [5, 5.41) is 8.71. The SMILES string of the molecule is COCCCOc1coc(CO)cc1=O. The van der Waals surface area contributed by atoms with Crippen LogP contribution >= 0.6 is 0 Å². The van der Waals surface area contributed by atoms with Crippen LogP contribution in [0.25, 0.3) is 0 Å². The highest BCUT2D eigenvalue weighted by Crippen LogP contribution is 2.05. The molecule has 1 rings (SSSR count). The topological polar surface area (TPSA) is 68.9 Å². The summed E-state index contributed by atoms with van der Waals surface area (Å²) in [5.41, 5.74) is -0.289. The Bertz CT molecular complexity index is 344. The number of aliphatic hydroxyl groups is 1. The van der Waals surface area contributed by atoms with Crippen LogP contribution in [0.1, 0.15) is 12.2 Å². The summed E-state index contributed by atoms with van der Waals surface area (Å²) < 4.78 is 14.9. The van der Waals surface area contributed by atoms with Gasteiger partial charge in [0, 0.05) is 26.2 Å². The van der Waals surface area contributed by atoms with Crippen LogP contribution in [0, 0.1) is 0 Å². The lowest BCUT2D eigenvalue weighted by Gasteiger charge is -2.04. The van der Waals surface area contributed by atoms with Crippen LogP contribution in [0.15, 0.2) is 21.5 Å². The van der Waals surface area contributed by atoms with Gasteiger partial charge >= 0.3 is 0 Å².